The molecule has 2 aliphatic rings. The first-order valence-corrected chi connectivity index (χ1v) is 23.6. The molecule has 10 nitrogen and oxygen atoms in total. The van der Waals surface area contributed by atoms with E-state index in [1.165, 1.54) is 0 Å². The van der Waals surface area contributed by atoms with Crippen LogP contribution in [0.15, 0.2) is 91.0 Å². The van der Waals surface area contributed by atoms with E-state index in [4.69, 9.17) is 38.0 Å². The van der Waals surface area contributed by atoms with Gasteiger partial charge in [0, 0.05) is 44.5 Å². The van der Waals surface area contributed by atoms with E-state index >= 15 is 0 Å². The third-order valence-electron chi connectivity index (χ3n) is 9.95. The highest BCUT2D eigenvalue weighted by Crippen LogP contribution is 2.37. The van der Waals surface area contributed by atoms with Crippen LogP contribution in [0.5, 0.6) is 11.5 Å². The quantitative estimate of drug-likeness (QED) is 0.0446. The van der Waals surface area contributed by atoms with Gasteiger partial charge in [0.1, 0.15) is 17.1 Å². The zero-order chi connectivity index (χ0) is 39.6. The number of piperidine rings is 1. The fraction of sp³-hybridized carbons (Fsp3) is 0.489. The third-order valence-corrected chi connectivity index (χ3v) is 11.7. The largest absolute Gasteiger partial charge is 0.528 e. The molecule has 0 bridgehead atoms. The molecule has 6 rings (SSSR count). The van der Waals surface area contributed by atoms with E-state index in [1.54, 1.807) is 5.06 Å². The molecule has 0 saturated carbocycles. The summed E-state index contributed by atoms with van der Waals surface area (Å²) in [5, 5.41) is 3.74. The predicted molar refractivity (Wildman–Crippen MR) is 220 cm³/mol. The number of carbonyl (C=O) groups is 1. The number of carbonyl (C=O) groups excluding carboxylic acids is 1. The van der Waals surface area contributed by atoms with Crippen molar-refractivity contribution in [1.29, 1.82) is 0 Å². The van der Waals surface area contributed by atoms with Crippen molar-refractivity contribution in [3.05, 3.63) is 108 Å². The van der Waals surface area contributed by atoms with Crippen LogP contribution in [0.4, 0.5) is 4.79 Å². The second-order valence-corrected chi connectivity index (χ2v) is 22.4. The highest BCUT2D eigenvalue weighted by molar-refractivity contribution is 6.76. The highest BCUT2D eigenvalue weighted by Gasteiger charge is 2.38. The normalized spacial score (nSPS) is 18.8. The standard InChI is InChI=1S/C45H59NO9Si/c1-44(2,3)54-43(47)55-46-23-21-40(35-17-19-38(20-18-35)49-24-12-22-45(52-25-26-53-45)37-14-8-7-9-15-37)42(31-46)50-32-34-29-36-13-10-11-16-39(36)41(30-34)51-33-48-27-28-56(4,5)6/h7-11,13-20,29-30,40,42H,12,21-28,31-33H2,1-6H3. The minimum absolute atomic E-state index is 0.0564. The van der Waals surface area contributed by atoms with E-state index in [-0.39, 0.29) is 18.8 Å². The lowest BCUT2D eigenvalue weighted by Gasteiger charge is -2.37. The van der Waals surface area contributed by atoms with Gasteiger partial charge in [-0.1, -0.05) is 86.4 Å². The van der Waals surface area contributed by atoms with Crippen LogP contribution in [0, 0.1) is 0 Å². The topological polar surface area (TPSA) is 94.2 Å². The maximum absolute atomic E-state index is 12.6. The molecule has 2 unspecified atom stereocenters. The minimum atomic E-state index is -1.20. The summed E-state index contributed by atoms with van der Waals surface area (Å²) in [6.45, 7) is 16.3. The van der Waals surface area contributed by atoms with Gasteiger partial charge in [-0.15, -0.1) is 5.06 Å². The van der Waals surface area contributed by atoms with Gasteiger partial charge in [-0.2, -0.15) is 0 Å². The first-order chi connectivity index (χ1) is 26.9. The average molecular weight is 786 g/mol. The van der Waals surface area contributed by atoms with Gasteiger partial charge in [0.25, 0.3) is 0 Å². The molecule has 2 saturated heterocycles. The lowest BCUT2D eigenvalue weighted by molar-refractivity contribution is -0.179. The van der Waals surface area contributed by atoms with Gasteiger partial charge < -0.3 is 38.0 Å². The van der Waals surface area contributed by atoms with E-state index in [9.17, 15) is 4.79 Å². The van der Waals surface area contributed by atoms with E-state index in [0.717, 1.165) is 57.8 Å². The molecule has 302 valence electrons. The fourth-order valence-corrected chi connectivity index (χ4v) is 7.84. The molecule has 0 spiro atoms. The molecule has 0 aromatic heterocycles. The van der Waals surface area contributed by atoms with Crippen LogP contribution in [-0.2, 0) is 40.9 Å². The van der Waals surface area contributed by atoms with Crippen LogP contribution in [0.25, 0.3) is 10.8 Å². The number of ether oxygens (including phenoxy) is 7. The molecule has 56 heavy (non-hydrogen) atoms. The van der Waals surface area contributed by atoms with Crippen LogP contribution in [-0.4, -0.2) is 77.3 Å². The van der Waals surface area contributed by atoms with Crippen molar-refractivity contribution in [2.24, 2.45) is 0 Å². The van der Waals surface area contributed by atoms with Crippen molar-refractivity contribution in [3.8, 4) is 11.5 Å². The van der Waals surface area contributed by atoms with Crippen LogP contribution in [0.2, 0.25) is 25.7 Å². The van der Waals surface area contributed by atoms with Gasteiger partial charge in [0.15, 0.2) is 12.6 Å². The molecule has 0 aliphatic carbocycles. The van der Waals surface area contributed by atoms with Crippen molar-refractivity contribution in [3.63, 3.8) is 0 Å². The van der Waals surface area contributed by atoms with E-state index < -0.39 is 25.6 Å². The van der Waals surface area contributed by atoms with Gasteiger partial charge in [-0.25, -0.2) is 4.79 Å². The van der Waals surface area contributed by atoms with Gasteiger partial charge in [-0.05, 0) is 80.4 Å². The van der Waals surface area contributed by atoms with Crippen LogP contribution >= 0.6 is 0 Å². The number of rotatable bonds is 17. The van der Waals surface area contributed by atoms with Crippen molar-refractivity contribution in [1.82, 2.24) is 5.06 Å². The molecule has 2 heterocycles. The number of hydrogen-bond donors (Lipinski definition) is 0. The summed E-state index contributed by atoms with van der Waals surface area (Å²) in [5.74, 6) is 0.904. The van der Waals surface area contributed by atoms with Crippen molar-refractivity contribution in [2.45, 2.75) is 95.7 Å². The van der Waals surface area contributed by atoms with Crippen molar-refractivity contribution < 1.29 is 42.8 Å². The molecule has 4 aromatic carbocycles. The monoisotopic (exact) mass is 785 g/mol. The van der Waals surface area contributed by atoms with Crippen LogP contribution in [0.3, 0.4) is 0 Å². The molecule has 4 aromatic rings. The second-order valence-electron chi connectivity index (χ2n) is 16.8. The lowest BCUT2D eigenvalue weighted by atomic mass is 9.87. The fourth-order valence-electron chi connectivity index (χ4n) is 7.09. The summed E-state index contributed by atoms with van der Waals surface area (Å²) in [7, 11) is -1.20. The van der Waals surface area contributed by atoms with E-state index in [2.05, 4.69) is 62.1 Å². The van der Waals surface area contributed by atoms with Gasteiger partial charge in [0.2, 0.25) is 0 Å². The molecule has 0 radical (unpaired) electrons. The Hall–Kier alpha value is -3.97. The van der Waals surface area contributed by atoms with Crippen molar-refractivity contribution in [2.75, 3.05) is 46.3 Å². The molecular weight excluding hydrogens is 727 g/mol. The van der Waals surface area contributed by atoms with Gasteiger partial charge in [-0.3, -0.25) is 0 Å². The second kappa shape index (κ2) is 19.0. The first-order valence-electron chi connectivity index (χ1n) is 19.9. The summed E-state index contributed by atoms with van der Waals surface area (Å²) >= 11 is 0. The van der Waals surface area contributed by atoms with Gasteiger partial charge >= 0.3 is 6.16 Å². The Balaban J connectivity index is 1.11. The highest BCUT2D eigenvalue weighted by atomic mass is 28.3. The minimum Gasteiger partial charge on any atom is -0.494 e. The molecule has 2 atom stereocenters. The number of nitrogens with zero attached hydrogens (tertiary/aromatic N) is 1. The van der Waals surface area contributed by atoms with E-state index in [1.807, 2.05) is 69.3 Å². The third kappa shape index (κ3) is 12.0. The molecular formula is C45H59NO9Si. The molecule has 0 N–H and O–H groups in total. The maximum Gasteiger partial charge on any atom is 0.528 e. The van der Waals surface area contributed by atoms with Crippen molar-refractivity contribution >= 4 is 25.0 Å². The lowest BCUT2D eigenvalue weighted by Crippen LogP contribution is -2.45. The van der Waals surface area contributed by atoms with Gasteiger partial charge in [0.05, 0.1) is 39.1 Å². The Morgan fingerprint density at radius 3 is 2.36 bits per heavy atom. The predicted octanol–water partition coefficient (Wildman–Crippen LogP) is 9.83. The molecule has 11 heteroatoms. The Kier molecular flexibility index (Phi) is 14.1. The van der Waals surface area contributed by atoms with E-state index in [0.29, 0.717) is 52.5 Å². The summed E-state index contributed by atoms with van der Waals surface area (Å²) in [5.41, 5.74) is 2.49. The molecule has 2 aliphatic heterocycles. The summed E-state index contributed by atoms with van der Waals surface area (Å²) < 4.78 is 42.6. The number of fused-ring (bicyclic) bond motifs is 1. The van der Waals surface area contributed by atoms with Crippen LogP contribution in [0.1, 0.15) is 62.6 Å². The Morgan fingerprint density at radius 2 is 1.62 bits per heavy atom. The zero-order valence-electron chi connectivity index (χ0n) is 33.9. The first kappa shape index (κ1) is 41.7. The average Bonchev–Trinajstić information content (AvgIpc) is 3.65. The summed E-state index contributed by atoms with van der Waals surface area (Å²) in [6.07, 6.45) is 1.20. The number of hydroxylamine groups is 2. The SMILES string of the molecule is CC(C)(C)OC(=O)ON1CCC(c2ccc(OCCCC3(c4ccccc4)OCCO3)cc2)C(OCc2cc(OCOCC[Si](C)(C)C)c3ccccc3c2)C1. The molecule has 0 amide bonds. The Bertz CT molecular complexity index is 1830. The maximum atomic E-state index is 12.6. The number of benzene rings is 4. The van der Waals surface area contributed by atoms with Crippen LogP contribution < -0.4 is 9.47 Å². The number of hydrogen-bond acceptors (Lipinski definition) is 10. The zero-order valence-corrected chi connectivity index (χ0v) is 34.9. The summed E-state index contributed by atoms with van der Waals surface area (Å²) in [4.78, 5) is 18.3. The smallest absolute Gasteiger partial charge is 0.494 e. The molecule has 2 fully saturated rings. The Labute approximate surface area is 333 Å². The Morgan fingerprint density at radius 1 is 0.893 bits per heavy atom. The summed E-state index contributed by atoms with van der Waals surface area (Å²) in [6, 6.07) is 31.8.